The lowest BCUT2D eigenvalue weighted by Crippen LogP contribution is -2.38. The van der Waals surface area contributed by atoms with Gasteiger partial charge in [-0.25, -0.2) is 0 Å². The van der Waals surface area contributed by atoms with Crippen LogP contribution in [0.5, 0.6) is 0 Å². The first-order valence-electron chi connectivity index (χ1n) is 4.87. The van der Waals surface area contributed by atoms with E-state index >= 15 is 0 Å². The van der Waals surface area contributed by atoms with E-state index in [2.05, 4.69) is 0 Å². The van der Waals surface area contributed by atoms with Crippen molar-refractivity contribution in [2.24, 2.45) is 5.73 Å². The van der Waals surface area contributed by atoms with E-state index in [1.54, 1.807) is 31.2 Å². The van der Waals surface area contributed by atoms with Crippen LogP contribution in [0.4, 0.5) is 13.2 Å². The van der Waals surface area contributed by atoms with E-state index in [-0.39, 0.29) is 12.4 Å². The average molecular weight is 270 g/mol. The maximum Gasteiger partial charge on any atom is 0.403 e. The smallest absolute Gasteiger partial charge is 0.388 e. The molecule has 3 N–H and O–H groups in total. The second kappa shape index (κ2) is 6.23. The number of alkyl halides is 3. The van der Waals surface area contributed by atoms with Crippen molar-refractivity contribution in [3.63, 3.8) is 0 Å². The molecule has 1 rings (SSSR count). The summed E-state index contributed by atoms with van der Waals surface area (Å²) in [7, 11) is 0. The van der Waals surface area contributed by atoms with Gasteiger partial charge in [0.2, 0.25) is 0 Å². The van der Waals surface area contributed by atoms with Crippen LogP contribution in [0.3, 0.4) is 0 Å². The summed E-state index contributed by atoms with van der Waals surface area (Å²) >= 11 is 0. The van der Waals surface area contributed by atoms with Crippen LogP contribution in [-0.4, -0.2) is 17.3 Å². The molecule has 0 saturated carbocycles. The molecular formula is C11H15ClF3NO. The molecule has 0 aliphatic carbocycles. The molecule has 0 saturated heterocycles. The summed E-state index contributed by atoms with van der Waals surface area (Å²) in [6.45, 7) is 1.81. The van der Waals surface area contributed by atoms with Crippen molar-refractivity contribution in [2.45, 2.75) is 31.7 Å². The number of aryl methyl sites for hydroxylation is 1. The van der Waals surface area contributed by atoms with Crippen LogP contribution in [0.2, 0.25) is 0 Å². The Morgan fingerprint density at radius 3 is 2.41 bits per heavy atom. The van der Waals surface area contributed by atoms with E-state index in [0.29, 0.717) is 5.56 Å². The van der Waals surface area contributed by atoms with Crippen molar-refractivity contribution < 1.29 is 18.3 Å². The molecule has 2 atom stereocenters. The zero-order chi connectivity index (χ0) is 12.3. The van der Waals surface area contributed by atoms with Gasteiger partial charge in [-0.15, -0.1) is 12.4 Å². The molecule has 0 aliphatic rings. The fourth-order valence-corrected chi connectivity index (χ4v) is 1.39. The highest BCUT2D eigenvalue weighted by Crippen LogP contribution is 2.26. The SMILES string of the molecule is Cc1cccc([C@H](O)C[C@@H](N)C(F)(F)F)c1.Cl. The van der Waals surface area contributed by atoms with Gasteiger partial charge in [-0.3, -0.25) is 0 Å². The van der Waals surface area contributed by atoms with Gasteiger partial charge in [0.1, 0.15) is 6.04 Å². The largest absolute Gasteiger partial charge is 0.403 e. The van der Waals surface area contributed by atoms with Gasteiger partial charge in [0.05, 0.1) is 6.10 Å². The van der Waals surface area contributed by atoms with Gasteiger partial charge in [0.15, 0.2) is 0 Å². The molecule has 0 radical (unpaired) electrons. The first-order valence-corrected chi connectivity index (χ1v) is 4.87. The highest BCUT2D eigenvalue weighted by atomic mass is 35.5. The maximum absolute atomic E-state index is 12.2. The monoisotopic (exact) mass is 269 g/mol. The Hall–Kier alpha value is -0.780. The number of hydrogen-bond donors (Lipinski definition) is 2. The Balaban J connectivity index is 0.00000256. The molecule has 0 bridgehead atoms. The zero-order valence-corrected chi connectivity index (χ0v) is 10.1. The highest BCUT2D eigenvalue weighted by molar-refractivity contribution is 5.85. The second-order valence-electron chi connectivity index (χ2n) is 3.81. The molecule has 0 aromatic heterocycles. The second-order valence-corrected chi connectivity index (χ2v) is 3.81. The molecule has 1 aromatic rings. The van der Waals surface area contributed by atoms with Gasteiger partial charge in [0.25, 0.3) is 0 Å². The molecule has 0 fully saturated rings. The predicted molar refractivity (Wildman–Crippen MR) is 62.0 cm³/mol. The molecule has 0 amide bonds. The Morgan fingerprint density at radius 1 is 1.35 bits per heavy atom. The molecule has 0 unspecified atom stereocenters. The van der Waals surface area contributed by atoms with Crippen molar-refractivity contribution >= 4 is 12.4 Å². The number of halogens is 4. The standard InChI is InChI=1S/C11H14F3NO.ClH/c1-7-3-2-4-8(5-7)9(16)6-10(15)11(12,13)14;/h2-5,9-10,16H,6,15H2,1H3;1H/t9-,10-;/m1./s1. The van der Waals surface area contributed by atoms with Gasteiger partial charge in [-0.05, 0) is 12.5 Å². The normalized spacial score (nSPS) is 14.9. The number of rotatable bonds is 3. The first kappa shape index (κ1) is 16.2. The van der Waals surface area contributed by atoms with Crippen LogP contribution in [0.25, 0.3) is 0 Å². The third-order valence-electron chi connectivity index (χ3n) is 2.32. The summed E-state index contributed by atoms with van der Waals surface area (Å²) in [6.07, 6.45) is -6.17. The van der Waals surface area contributed by atoms with Crippen molar-refractivity contribution in [3.05, 3.63) is 35.4 Å². The lowest BCUT2D eigenvalue weighted by Gasteiger charge is -2.19. The van der Waals surface area contributed by atoms with Gasteiger partial charge >= 0.3 is 6.18 Å². The predicted octanol–water partition coefficient (Wildman–Crippen LogP) is 2.73. The molecule has 0 spiro atoms. The third kappa shape index (κ3) is 4.93. The minimum atomic E-state index is -4.47. The Kier molecular flexibility index (Phi) is 5.95. The molecule has 1 aromatic carbocycles. The van der Waals surface area contributed by atoms with Crippen LogP contribution < -0.4 is 5.73 Å². The fraction of sp³-hybridized carbons (Fsp3) is 0.455. The van der Waals surface area contributed by atoms with Gasteiger partial charge < -0.3 is 10.8 Å². The van der Waals surface area contributed by atoms with Gasteiger partial charge in [-0.2, -0.15) is 13.2 Å². The summed E-state index contributed by atoms with van der Waals surface area (Å²) in [5.74, 6) is 0. The number of hydrogen-bond acceptors (Lipinski definition) is 2. The molecule has 0 heterocycles. The summed E-state index contributed by atoms with van der Waals surface area (Å²) in [5.41, 5.74) is 6.29. The number of aliphatic hydroxyl groups excluding tert-OH is 1. The lowest BCUT2D eigenvalue weighted by molar-refractivity contribution is -0.153. The topological polar surface area (TPSA) is 46.2 Å². The molecule has 98 valence electrons. The third-order valence-corrected chi connectivity index (χ3v) is 2.32. The average Bonchev–Trinajstić information content (AvgIpc) is 2.16. The number of nitrogens with two attached hydrogens (primary N) is 1. The van der Waals surface area contributed by atoms with E-state index in [4.69, 9.17) is 5.73 Å². The van der Waals surface area contributed by atoms with Crippen LogP contribution in [0, 0.1) is 6.92 Å². The van der Waals surface area contributed by atoms with Crippen LogP contribution >= 0.6 is 12.4 Å². The summed E-state index contributed by atoms with van der Waals surface area (Å²) in [5, 5.41) is 9.60. The van der Waals surface area contributed by atoms with Crippen molar-refractivity contribution in [3.8, 4) is 0 Å². The van der Waals surface area contributed by atoms with Crippen molar-refractivity contribution in [2.75, 3.05) is 0 Å². The van der Waals surface area contributed by atoms with Gasteiger partial charge in [-0.1, -0.05) is 29.8 Å². The lowest BCUT2D eigenvalue weighted by atomic mass is 10.0. The fourth-order valence-electron chi connectivity index (χ4n) is 1.39. The van der Waals surface area contributed by atoms with Crippen LogP contribution in [-0.2, 0) is 0 Å². The molecule has 0 aliphatic heterocycles. The first-order chi connectivity index (χ1) is 7.30. The Morgan fingerprint density at radius 2 is 1.94 bits per heavy atom. The van der Waals surface area contributed by atoms with E-state index in [1.807, 2.05) is 0 Å². The van der Waals surface area contributed by atoms with E-state index in [9.17, 15) is 18.3 Å². The van der Waals surface area contributed by atoms with Crippen LogP contribution in [0.1, 0.15) is 23.7 Å². The van der Waals surface area contributed by atoms with E-state index in [1.165, 1.54) is 0 Å². The van der Waals surface area contributed by atoms with E-state index in [0.717, 1.165) is 5.56 Å². The van der Waals surface area contributed by atoms with Crippen molar-refractivity contribution in [1.29, 1.82) is 0 Å². The molecule has 2 nitrogen and oxygen atoms in total. The maximum atomic E-state index is 12.2. The summed E-state index contributed by atoms with van der Waals surface area (Å²) < 4.78 is 36.5. The summed E-state index contributed by atoms with van der Waals surface area (Å²) in [6, 6.07) is 4.73. The van der Waals surface area contributed by atoms with E-state index < -0.39 is 24.7 Å². The van der Waals surface area contributed by atoms with Gasteiger partial charge in [0, 0.05) is 6.42 Å². The summed E-state index contributed by atoms with van der Waals surface area (Å²) in [4.78, 5) is 0. The minimum Gasteiger partial charge on any atom is -0.388 e. The van der Waals surface area contributed by atoms with Crippen LogP contribution in [0.15, 0.2) is 24.3 Å². The molecule has 17 heavy (non-hydrogen) atoms. The minimum absolute atomic E-state index is 0. The quantitative estimate of drug-likeness (QED) is 0.886. The number of benzene rings is 1. The Labute approximate surface area is 104 Å². The molecule has 6 heteroatoms. The zero-order valence-electron chi connectivity index (χ0n) is 9.24. The Bertz CT molecular complexity index is 357. The highest BCUT2D eigenvalue weighted by Gasteiger charge is 2.37. The number of aliphatic hydroxyl groups is 1. The van der Waals surface area contributed by atoms with Crippen molar-refractivity contribution in [1.82, 2.24) is 0 Å². The molecular weight excluding hydrogens is 255 g/mol.